The van der Waals surface area contributed by atoms with Crippen molar-refractivity contribution >= 4 is 27.3 Å². The van der Waals surface area contributed by atoms with E-state index in [1.807, 2.05) is 36.4 Å². The first-order chi connectivity index (χ1) is 18.6. The molecule has 222 valence electrons. The van der Waals surface area contributed by atoms with Gasteiger partial charge in [0.25, 0.3) is 0 Å². The third kappa shape index (κ3) is 9.84. The number of fused-ring (bicyclic) bond motifs is 1. The second kappa shape index (κ2) is 14.0. The van der Waals surface area contributed by atoms with Gasteiger partial charge in [0.2, 0.25) is 16.3 Å². The number of aromatic nitrogens is 3. The molecule has 0 fully saturated rings. The zero-order valence-corrected chi connectivity index (χ0v) is 25.4. The van der Waals surface area contributed by atoms with Crippen LogP contribution in [0.4, 0.5) is 0 Å². The summed E-state index contributed by atoms with van der Waals surface area (Å²) in [6.07, 6.45) is 1.96. The molecule has 2 N–H and O–H groups in total. The highest BCUT2D eigenvalue weighted by Crippen LogP contribution is 2.36. The number of hydrogen-bond donors (Lipinski definition) is 2. The minimum absolute atomic E-state index is 0.0529. The molecule has 12 heteroatoms. The number of nitrogens with zero attached hydrogens (tertiary/aromatic N) is 4. The molecule has 0 spiro atoms. The molecule has 0 radical (unpaired) electrons. The summed E-state index contributed by atoms with van der Waals surface area (Å²) in [6, 6.07) is 11.5. The highest BCUT2D eigenvalue weighted by Gasteiger charge is 2.23. The van der Waals surface area contributed by atoms with Gasteiger partial charge in [-0.2, -0.15) is 0 Å². The zero-order valence-electron chi connectivity index (χ0n) is 24.6. The molecule has 0 saturated carbocycles. The van der Waals surface area contributed by atoms with Gasteiger partial charge in [-0.15, -0.1) is 15.0 Å². The fraction of sp³-hybridized carbons (Fsp3) is 0.536. The summed E-state index contributed by atoms with van der Waals surface area (Å²) in [5.74, 6) is 0.228. The number of aromatic hydroxyl groups is 1. The molecule has 0 bridgehead atoms. The van der Waals surface area contributed by atoms with E-state index in [1.54, 1.807) is 0 Å². The summed E-state index contributed by atoms with van der Waals surface area (Å²) in [6.45, 7) is 14.6. The molecule has 1 amide bonds. The minimum atomic E-state index is -4.41. The van der Waals surface area contributed by atoms with E-state index in [0.29, 0.717) is 25.1 Å². The molecule has 0 unspecified atom stereocenters. The predicted octanol–water partition coefficient (Wildman–Crippen LogP) is 3.44. The number of carbonyl (C=O) groups excluding carboxylic acids is 1. The molecule has 0 aliphatic heterocycles. The Kier molecular flexibility index (Phi) is 11.6. The number of hydrogen-bond acceptors (Lipinski definition) is 8. The molecule has 0 atom stereocenters. The van der Waals surface area contributed by atoms with E-state index in [0.717, 1.165) is 59.8 Å². The van der Waals surface area contributed by atoms with Crippen molar-refractivity contribution < 1.29 is 31.5 Å². The Morgan fingerprint density at radius 2 is 1.68 bits per heavy atom. The molecule has 11 nitrogen and oxygen atoms in total. The molecular weight excluding hydrogens is 534 g/mol. The van der Waals surface area contributed by atoms with Gasteiger partial charge >= 0.3 is 0 Å². The van der Waals surface area contributed by atoms with Crippen LogP contribution in [-0.4, -0.2) is 83.8 Å². The summed E-state index contributed by atoms with van der Waals surface area (Å²) >= 11 is 0. The highest BCUT2D eigenvalue weighted by molar-refractivity contribution is 7.80. The number of rotatable bonds is 11. The van der Waals surface area contributed by atoms with Crippen molar-refractivity contribution in [2.45, 2.75) is 59.3 Å². The van der Waals surface area contributed by atoms with Gasteiger partial charge in [0.1, 0.15) is 22.5 Å². The number of amides is 1. The zero-order chi connectivity index (χ0) is 30.1. The Bertz CT molecular complexity index is 1340. The van der Waals surface area contributed by atoms with Crippen LogP contribution in [0.15, 0.2) is 36.4 Å². The standard InChI is InChI=1S/C27H39N5O2.CH4O4S/c1-7-32(6,8-2)17-11-16-28-25(33)15-14-20-18-21(27(3,4)5)26(34)24(19-20)31-29-22-12-9-10-13-23(22)30-31;1-5-6(2,3)4/h9-10,12-13,18-19H,7-8,11,14-17H2,1-6H3,(H-,28,33,34);1H3,(H,2,3,4). The lowest BCUT2D eigenvalue weighted by Gasteiger charge is -2.32. The molecular formula is C28H43N5O6S. The molecule has 1 heterocycles. The van der Waals surface area contributed by atoms with Crippen molar-refractivity contribution in [3.05, 3.63) is 47.5 Å². The lowest BCUT2D eigenvalue weighted by atomic mass is 9.84. The average molecular weight is 578 g/mol. The first-order valence-corrected chi connectivity index (χ1v) is 14.8. The summed E-state index contributed by atoms with van der Waals surface area (Å²) in [4.78, 5) is 14.0. The molecule has 40 heavy (non-hydrogen) atoms. The Morgan fingerprint density at radius 1 is 1.12 bits per heavy atom. The SMILES string of the molecule is CC[N+](C)(CC)CCCNC(=O)CCc1cc(-n2nc3ccccc3n2)c(O)c(C(C)(C)C)c1.COS(=O)(=O)[O-]. The minimum Gasteiger partial charge on any atom is -0.726 e. The van der Waals surface area contributed by atoms with E-state index >= 15 is 0 Å². The first kappa shape index (κ1) is 33.1. The van der Waals surface area contributed by atoms with Crippen molar-refractivity contribution in [2.75, 3.05) is 40.3 Å². The molecule has 2 aromatic carbocycles. The van der Waals surface area contributed by atoms with E-state index in [4.69, 9.17) is 0 Å². The van der Waals surface area contributed by atoms with Gasteiger partial charge in [-0.05, 0) is 49.4 Å². The van der Waals surface area contributed by atoms with Gasteiger partial charge in [-0.3, -0.25) is 8.98 Å². The lowest BCUT2D eigenvalue weighted by Crippen LogP contribution is -2.45. The fourth-order valence-corrected chi connectivity index (χ4v) is 4.09. The van der Waals surface area contributed by atoms with Crippen molar-refractivity contribution in [2.24, 2.45) is 0 Å². The normalized spacial score (nSPS) is 12.2. The van der Waals surface area contributed by atoms with Crippen LogP contribution in [0.5, 0.6) is 5.75 Å². The Morgan fingerprint density at radius 3 is 2.15 bits per heavy atom. The number of carbonyl (C=O) groups is 1. The fourth-order valence-electron chi connectivity index (χ4n) is 4.09. The van der Waals surface area contributed by atoms with Crippen LogP contribution in [0.1, 0.15) is 58.6 Å². The van der Waals surface area contributed by atoms with Crippen LogP contribution < -0.4 is 5.32 Å². The first-order valence-electron chi connectivity index (χ1n) is 13.4. The van der Waals surface area contributed by atoms with Crippen LogP contribution in [0.2, 0.25) is 0 Å². The summed E-state index contributed by atoms with van der Waals surface area (Å²) in [5.41, 5.74) is 3.60. The largest absolute Gasteiger partial charge is 0.726 e. The number of nitrogens with one attached hydrogen (secondary N) is 1. The van der Waals surface area contributed by atoms with Crippen LogP contribution in [0.3, 0.4) is 0 Å². The van der Waals surface area contributed by atoms with E-state index < -0.39 is 10.4 Å². The second-order valence-electron chi connectivity index (χ2n) is 11.0. The predicted molar refractivity (Wildman–Crippen MR) is 154 cm³/mol. The van der Waals surface area contributed by atoms with E-state index in [9.17, 15) is 22.9 Å². The maximum Gasteiger partial charge on any atom is 0.220 e. The topological polar surface area (TPSA) is 146 Å². The number of quaternary nitrogens is 1. The maximum atomic E-state index is 12.5. The van der Waals surface area contributed by atoms with Gasteiger partial charge in [-0.1, -0.05) is 39.0 Å². The third-order valence-electron chi connectivity index (χ3n) is 7.03. The van der Waals surface area contributed by atoms with Gasteiger partial charge in [0, 0.05) is 24.9 Å². The Balaban J connectivity index is 0.000000840. The highest BCUT2D eigenvalue weighted by atomic mass is 32.3. The Labute approximate surface area is 237 Å². The smallest absolute Gasteiger partial charge is 0.220 e. The van der Waals surface area contributed by atoms with E-state index in [-0.39, 0.29) is 17.1 Å². The van der Waals surface area contributed by atoms with E-state index in [2.05, 4.69) is 61.4 Å². The lowest BCUT2D eigenvalue weighted by molar-refractivity contribution is -0.906. The third-order valence-corrected chi connectivity index (χ3v) is 7.44. The van der Waals surface area contributed by atoms with Crippen LogP contribution in [-0.2, 0) is 31.2 Å². The molecule has 0 aliphatic rings. The van der Waals surface area contributed by atoms with Crippen molar-refractivity contribution in [3.8, 4) is 11.4 Å². The number of aryl methyl sites for hydroxylation is 1. The van der Waals surface area contributed by atoms with Crippen molar-refractivity contribution in [1.82, 2.24) is 20.3 Å². The molecule has 3 rings (SSSR count). The molecule has 1 aromatic heterocycles. The maximum absolute atomic E-state index is 12.5. The quantitative estimate of drug-likeness (QED) is 0.153. The number of phenolic OH excluding ortho intramolecular Hbond substituents is 1. The van der Waals surface area contributed by atoms with Crippen LogP contribution >= 0.6 is 0 Å². The van der Waals surface area contributed by atoms with Crippen molar-refractivity contribution in [3.63, 3.8) is 0 Å². The van der Waals surface area contributed by atoms with E-state index in [1.165, 1.54) is 4.80 Å². The molecule has 0 aliphatic carbocycles. The van der Waals surface area contributed by atoms with Gasteiger partial charge in [-0.25, -0.2) is 8.42 Å². The average Bonchev–Trinajstić information content (AvgIpc) is 3.33. The number of benzene rings is 2. The summed E-state index contributed by atoms with van der Waals surface area (Å²) < 4.78 is 32.0. The van der Waals surface area contributed by atoms with Gasteiger partial charge < -0.3 is 19.5 Å². The summed E-state index contributed by atoms with van der Waals surface area (Å²) in [7, 11) is -1.35. The monoisotopic (exact) mass is 577 g/mol. The molecule has 0 saturated heterocycles. The second-order valence-corrected chi connectivity index (χ2v) is 12.1. The number of phenols is 1. The van der Waals surface area contributed by atoms with Gasteiger partial charge in [0.15, 0.2) is 0 Å². The molecule has 3 aromatic rings. The van der Waals surface area contributed by atoms with Crippen LogP contribution in [0, 0.1) is 0 Å². The van der Waals surface area contributed by atoms with Gasteiger partial charge in [0.05, 0.1) is 33.8 Å². The van der Waals surface area contributed by atoms with Crippen LogP contribution in [0.25, 0.3) is 16.7 Å². The Hall–Kier alpha value is -3.06. The summed E-state index contributed by atoms with van der Waals surface area (Å²) in [5, 5.41) is 23.2. The van der Waals surface area contributed by atoms with Crippen molar-refractivity contribution in [1.29, 1.82) is 0 Å².